The zero-order valence-corrected chi connectivity index (χ0v) is 12.7. The van der Waals surface area contributed by atoms with Crippen LogP contribution < -0.4 is 15.8 Å². The highest BCUT2D eigenvalue weighted by molar-refractivity contribution is 5.95. The maximum absolute atomic E-state index is 11.9. The van der Waals surface area contributed by atoms with Gasteiger partial charge in [0, 0.05) is 25.6 Å². The summed E-state index contributed by atoms with van der Waals surface area (Å²) in [6.45, 7) is 2.48. The van der Waals surface area contributed by atoms with E-state index in [0.29, 0.717) is 23.5 Å². The van der Waals surface area contributed by atoms with E-state index in [-0.39, 0.29) is 18.1 Å². The molecule has 3 N–H and O–H groups in total. The second-order valence-corrected chi connectivity index (χ2v) is 5.38. The molecule has 0 bridgehead atoms. The van der Waals surface area contributed by atoms with Crippen molar-refractivity contribution in [1.29, 1.82) is 0 Å². The molecule has 1 fully saturated rings. The quantitative estimate of drug-likeness (QED) is 0.817. The lowest BCUT2D eigenvalue weighted by Crippen LogP contribution is -2.30. The molecule has 5 nitrogen and oxygen atoms in total. The van der Waals surface area contributed by atoms with Crippen LogP contribution in [-0.4, -0.2) is 31.8 Å². The van der Waals surface area contributed by atoms with Crippen molar-refractivity contribution in [3.8, 4) is 5.75 Å². The Hall–Kier alpha value is -1.75. The third-order valence-electron chi connectivity index (χ3n) is 3.82. The topological polar surface area (TPSA) is 73.6 Å². The van der Waals surface area contributed by atoms with Gasteiger partial charge < -0.3 is 20.5 Å². The number of carbonyl (C=O) groups is 1. The summed E-state index contributed by atoms with van der Waals surface area (Å²) >= 11 is 0. The van der Waals surface area contributed by atoms with Crippen molar-refractivity contribution >= 4 is 11.6 Å². The van der Waals surface area contributed by atoms with Crippen molar-refractivity contribution in [3.63, 3.8) is 0 Å². The Kier molecular flexibility index (Phi) is 5.44. The summed E-state index contributed by atoms with van der Waals surface area (Å²) in [7, 11) is 1.73. The van der Waals surface area contributed by atoms with E-state index in [1.165, 1.54) is 0 Å². The number of ether oxygens (including phenoxy) is 2. The smallest absolute Gasteiger partial charge is 0.251 e. The fourth-order valence-corrected chi connectivity index (χ4v) is 2.64. The number of nitrogens with two attached hydrogens (primary N) is 1. The molecule has 0 spiro atoms. The Labute approximate surface area is 125 Å². The molecule has 1 amide bonds. The molecule has 1 saturated carbocycles. The lowest BCUT2D eigenvalue weighted by Gasteiger charge is -2.29. The van der Waals surface area contributed by atoms with Gasteiger partial charge in [0.2, 0.25) is 0 Å². The van der Waals surface area contributed by atoms with Gasteiger partial charge in [-0.2, -0.15) is 0 Å². The molecule has 1 aromatic rings. The van der Waals surface area contributed by atoms with Crippen molar-refractivity contribution in [2.24, 2.45) is 0 Å². The first-order chi connectivity index (χ1) is 10.1. The van der Waals surface area contributed by atoms with Gasteiger partial charge in [0.05, 0.1) is 11.8 Å². The van der Waals surface area contributed by atoms with Crippen LogP contribution in [0, 0.1) is 0 Å². The van der Waals surface area contributed by atoms with E-state index in [1.807, 2.05) is 6.92 Å². The molecule has 1 aliphatic carbocycles. The average Bonchev–Trinajstić information content (AvgIpc) is 2.50. The molecular formula is C16H24N2O3. The highest BCUT2D eigenvalue weighted by atomic mass is 16.5. The number of amides is 1. The Bertz CT molecular complexity index is 490. The number of carbonyl (C=O) groups excluding carboxylic acids is 1. The predicted octanol–water partition coefficient (Wildman–Crippen LogP) is 2.35. The van der Waals surface area contributed by atoms with Gasteiger partial charge in [0.25, 0.3) is 5.91 Å². The van der Waals surface area contributed by atoms with Gasteiger partial charge in [-0.05, 0) is 44.4 Å². The maximum atomic E-state index is 11.9. The molecule has 116 valence electrons. The first kappa shape index (κ1) is 15.6. The highest BCUT2D eigenvalue weighted by Crippen LogP contribution is 2.29. The van der Waals surface area contributed by atoms with E-state index >= 15 is 0 Å². The van der Waals surface area contributed by atoms with Crippen LogP contribution in [0.1, 0.15) is 43.0 Å². The summed E-state index contributed by atoms with van der Waals surface area (Å²) in [5, 5.41) is 2.77. The van der Waals surface area contributed by atoms with Gasteiger partial charge >= 0.3 is 0 Å². The molecule has 0 saturated heterocycles. The molecule has 0 aromatic heterocycles. The minimum atomic E-state index is -0.110. The predicted molar refractivity (Wildman–Crippen MR) is 82.5 cm³/mol. The highest BCUT2D eigenvalue weighted by Gasteiger charge is 2.23. The molecule has 21 heavy (non-hydrogen) atoms. The van der Waals surface area contributed by atoms with Crippen molar-refractivity contribution in [1.82, 2.24) is 5.32 Å². The van der Waals surface area contributed by atoms with E-state index in [9.17, 15) is 4.79 Å². The van der Waals surface area contributed by atoms with Crippen LogP contribution in [0.15, 0.2) is 18.2 Å². The van der Waals surface area contributed by atoms with E-state index in [0.717, 1.165) is 25.7 Å². The molecule has 1 aromatic carbocycles. The number of hydrogen-bond acceptors (Lipinski definition) is 4. The normalized spacial score (nSPS) is 21.8. The Morgan fingerprint density at radius 1 is 1.38 bits per heavy atom. The second-order valence-electron chi connectivity index (χ2n) is 5.38. The van der Waals surface area contributed by atoms with E-state index in [2.05, 4.69) is 5.32 Å². The van der Waals surface area contributed by atoms with Crippen molar-refractivity contribution in [2.75, 3.05) is 19.4 Å². The number of nitrogens with one attached hydrogen (secondary N) is 1. The van der Waals surface area contributed by atoms with Gasteiger partial charge in [-0.3, -0.25) is 4.79 Å². The van der Waals surface area contributed by atoms with Gasteiger partial charge in [0.1, 0.15) is 11.9 Å². The molecule has 0 heterocycles. The monoisotopic (exact) mass is 292 g/mol. The Morgan fingerprint density at radius 2 is 2.14 bits per heavy atom. The number of nitrogen functional groups attached to an aromatic ring is 1. The van der Waals surface area contributed by atoms with Gasteiger partial charge in [-0.15, -0.1) is 0 Å². The van der Waals surface area contributed by atoms with Crippen molar-refractivity contribution in [2.45, 2.75) is 44.8 Å². The summed E-state index contributed by atoms with van der Waals surface area (Å²) in [5.74, 6) is 0.473. The van der Waals surface area contributed by atoms with E-state index < -0.39 is 0 Å². The van der Waals surface area contributed by atoms with Crippen LogP contribution in [0.5, 0.6) is 5.75 Å². The zero-order valence-electron chi connectivity index (χ0n) is 12.7. The number of benzene rings is 1. The summed E-state index contributed by atoms with van der Waals surface area (Å²) in [6, 6.07) is 5.15. The lowest BCUT2D eigenvalue weighted by molar-refractivity contribution is 0.0211. The minimum absolute atomic E-state index is 0.0930. The number of rotatable bonds is 5. The van der Waals surface area contributed by atoms with Crippen LogP contribution >= 0.6 is 0 Å². The molecular weight excluding hydrogens is 268 g/mol. The standard InChI is InChI=1S/C16H24N2O3/c1-3-18-16(19)11-7-8-14(17)15(9-11)21-13-6-4-5-12(10-13)20-2/h7-9,12-13H,3-6,10,17H2,1-2H3,(H,18,19). The van der Waals surface area contributed by atoms with Gasteiger partial charge in [0.15, 0.2) is 0 Å². The zero-order chi connectivity index (χ0) is 15.2. The summed E-state index contributed by atoms with van der Waals surface area (Å²) in [4.78, 5) is 11.9. The SMILES string of the molecule is CCNC(=O)c1ccc(N)c(OC2CCCC(OC)C2)c1. The number of methoxy groups -OCH3 is 1. The van der Waals surface area contributed by atoms with Crippen molar-refractivity contribution in [3.05, 3.63) is 23.8 Å². The first-order valence-corrected chi connectivity index (χ1v) is 7.51. The Balaban J connectivity index is 2.08. The molecule has 1 aliphatic rings. The number of anilines is 1. The van der Waals surface area contributed by atoms with Crippen LogP contribution in [0.2, 0.25) is 0 Å². The molecule has 2 unspecified atom stereocenters. The minimum Gasteiger partial charge on any atom is -0.488 e. The fraction of sp³-hybridized carbons (Fsp3) is 0.562. The molecule has 0 radical (unpaired) electrons. The van der Waals surface area contributed by atoms with E-state index in [1.54, 1.807) is 25.3 Å². The molecule has 2 atom stereocenters. The fourth-order valence-electron chi connectivity index (χ4n) is 2.64. The largest absolute Gasteiger partial charge is 0.488 e. The van der Waals surface area contributed by atoms with Crippen LogP contribution in [0.3, 0.4) is 0 Å². The van der Waals surface area contributed by atoms with Gasteiger partial charge in [-0.1, -0.05) is 0 Å². The summed E-state index contributed by atoms with van der Waals surface area (Å²) in [5.41, 5.74) is 7.09. The summed E-state index contributed by atoms with van der Waals surface area (Å²) in [6.07, 6.45) is 4.35. The molecule has 5 heteroatoms. The van der Waals surface area contributed by atoms with Crippen LogP contribution in [0.4, 0.5) is 5.69 Å². The third kappa shape index (κ3) is 4.11. The maximum Gasteiger partial charge on any atom is 0.251 e. The number of hydrogen-bond donors (Lipinski definition) is 2. The molecule has 0 aliphatic heterocycles. The van der Waals surface area contributed by atoms with E-state index in [4.69, 9.17) is 15.2 Å². The molecule has 2 rings (SSSR count). The van der Waals surface area contributed by atoms with Crippen molar-refractivity contribution < 1.29 is 14.3 Å². The van der Waals surface area contributed by atoms with Gasteiger partial charge in [-0.25, -0.2) is 0 Å². The summed E-state index contributed by atoms with van der Waals surface area (Å²) < 4.78 is 11.4. The first-order valence-electron chi connectivity index (χ1n) is 7.51. The second kappa shape index (κ2) is 7.31. The van der Waals surface area contributed by atoms with Crippen LogP contribution in [-0.2, 0) is 4.74 Å². The average molecular weight is 292 g/mol. The third-order valence-corrected chi connectivity index (χ3v) is 3.82. The lowest BCUT2D eigenvalue weighted by atomic mass is 9.95. The van der Waals surface area contributed by atoms with Crippen LogP contribution in [0.25, 0.3) is 0 Å². The Morgan fingerprint density at radius 3 is 2.86 bits per heavy atom.